The number of carbonyl (C=O) groups excluding carboxylic acids is 1. The van der Waals surface area contributed by atoms with Crippen molar-refractivity contribution in [1.82, 2.24) is 5.43 Å². The molecule has 2 aromatic rings. The van der Waals surface area contributed by atoms with Crippen molar-refractivity contribution < 1.29 is 14.3 Å². The maximum atomic E-state index is 10.9. The summed E-state index contributed by atoms with van der Waals surface area (Å²) in [5, 5.41) is 5.82. The van der Waals surface area contributed by atoms with Gasteiger partial charge in [0.1, 0.15) is 5.75 Å². The summed E-state index contributed by atoms with van der Waals surface area (Å²) in [5.41, 5.74) is 3.13. The molecule has 0 aliphatic heterocycles. The van der Waals surface area contributed by atoms with E-state index in [1.807, 2.05) is 36.4 Å². The number of fused-ring (bicyclic) bond motifs is 1. The van der Waals surface area contributed by atoms with E-state index in [4.69, 9.17) is 4.74 Å². The van der Waals surface area contributed by atoms with Crippen molar-refractivity contribution in [2.45, 2.75) is 0 Å². The summed E-state index contributed by atoms with van der Waals surface area (Å²) in [4.78, 5) is 10.9. The quantitative estimate of drug-likeness (QED) is 0.679. The van der Waals surface area contributed by atoms with E-state index in [0.717, 1.165) is 22.1 Å². The Labute approximate surface area is 110 Å². The van der Waals surface area contributed by atoms with Crippen molar-refractivity contribution in [3.05, 3.63) is 42.0 Å². The van der Waals surface area contributed by atoms with Crippen LogP contribution in [0.5, 0.6) is 5.75 Å². The molecule has 0 aromatic heterocycles. The monoisotopic (exact) mass is 258 g/mol. The predicted molar refractivity (Wildman–Crippen MR) is 73.6 cm³/mol. The second kappa shape index (κ2) is 5.86. The molecule has 1 amide bonds. The number of amides is 1. The lowest BCUT2D eigenvalue weighted by Gasteiger charge is -2.07. The van der Waals surface area contributed by atoms with E-state index in [2.05, 4.69) is 15.3 Å². The first-order chi connectivity index (χ1) is 9.26. The Hall–Kier alpha value is -2.56. The van der Waals surface area contributed by atoms with Gasteiger partial charge in [-0.25, -0.2) is 10.2 Å². The van der Waals surface area contributed by atoms with Gasteiger partial charge in [-0.05, 0) is 17.5 Å². The second-order valence-corrected chi connectivity index (χ2v) is 3.76. The van der Waals surface area contributed by atoms with Crippen molar-refractivity contribution in [2.75, 3.05) is 14.2 Å². The topological polar surface area (TPSA) is 59.9 Å². The van der Waals surface area contributed by atoms with Crippen LogP contribution < -0.4 is 10.2 Å². The van der Waals surface area contributed by atoms with Gasteiger partial charge in [0.05, 0.1) is 20.4 Å². The minimum absolute atomic E-state index is 0.603. The highest BCUT2D eigenvalue weighted by Gasteiger charge is 2.04. The lowest BCUT2D eigenvalue weighted by Crippen LogP contribution is -2.16. The van der Waals surface area contributed by atoms with Crippen LogP contribution in [-0.4, -0.2) is 26.5 Å². The minimum atomic E-state index is -0.603. The molecular formula is C14H14N2O3. The van der Waals surface area contributed by atoms with Crippen LogP contribution in [0.3, 0.4) is 0 Å². The molecular weight excluding hydrogens is 244 g/mol. The zero-order chi connectivity index (χ0) is 13.7. The Bertz CT molecular complexity index is 623. The highest BCUT2D eigenvalue weighted by atomic mass is 16.5. The van der Waals surface area contributed by atoms with Crippen LogP contribution in [0.4, 0.5) is 4.79 Å². The molecule has 0 saturated heterocycles. The molecule has 0 fully saturated rings. The highest BCUT2D eigenvalue weighted by Crippen LogP contribution is 2.27. The minimum Gasteiger partial charge on any atom is -0.496 e. The number of rotatable bonds is 3. The number of benzene rings is 2. The van der Waals surface area contributed by atoms with E-state index in [0.29, 0.717) is 0 Å². The zero-order valence-corrected chi connectivity index (χ0v) is 10.7. The molecule has 0 atom stereocenters. The smallest absolute Gasteiger partial charge is 0.427 e. The fourth-order valence-corrected chi connectivity index (χ4v) is 1.79. The van der Waals surface area contributed by atoms with Crippen LogP contribution in [-0.2, 0) is 4.74 Å². The number of nitrogens with zero attached hydrogens (tertiary/aromatic N) is 1. The van der Waals surface area contributed by atoms with E-state index in [1.54, 1.807) is 13.3 Å². The molecule has 0 aliphatic carbocycles. The van der Waals surface area contributed by atoms with Crippen molar-refractivity contribution >= 4 is 23.1 Å². The molecule has 2 aromatic carbocycles. The van der Waals surface area contributed by atoms with Gasteiger partial charge in [0.15, 0.2) is 0 Å². The normalized spacial score (nSPS) is 10.6. The van der Waals surface area contributed by atoms with Gasteiger partial charge in [0.2, 0.25) is 0 Å². The highest BCUT2D eigenvalue weighted by molar-refractivity contribution is 6.02. The summed E-state index contributed by atoms with van der Waals surface area (Å²) in [7, 11) is 2.92. The molecule has 0 spiro atoms. The average molecular weight is 258 g/mol. The molecule has 98 valence electrons. The van der Waals surface area contributed by atoms with Crippen LogP contribution in [0.2, 0.25) is 0 Å². The van der Waals surface area contributed by atoms with Crippen LogP contribution in [0, 0.1) is 0 Å². The molecule has 5 heteroatoms. The van der Waals surface area contributed by atoms with Gasteiger partial charge in [-0.3, -0.25) is 0 Å². The first-order valence-corrected chi connectivity index (χ1v) is 5.69. The van der Waals surface area contributed by atoms with E-state index in [9.17, 15) is 4.79 Å². The molecule has 5 nitrogen and oxygen atoms in total. The number of hydrogen-bond acceptors (Lipinski definition) is 4. The SMILES string of the molecule is COC(=O)N/N=C/c1ccc(OC)c2ccccc12. The van der Waals surface area contributed by atoms with Gasteiger partial charge in [-0.2, -0.15) is 5.10 Å². The average Bonchev–Trinajstić information content (AvgIpc) is 2.47. The number of methoxy groups -OCH3 is 2. The third kappa shape index (κ3) is 2.82. The molecule has 19 heavy (non-hydrogen) atoms. The molecule has 0 unspecified atom stereocenters. The molecule has 0 radical (unpaired) electrons. The van der Waals surface area contributed by atoms with Crippen LogP contribution in [0.15, 0.2) is 41.5 Å². The number of hydrogen-bond donors (Lipinski definition) is 1. The fourth-order valence-electron chi connectivity index (χ4n) is 1.79. The summed E-state index contributed by atoms with van der Waals surface area (Å²) < 4.78 is 9.74. The van der Waals surface area contributed by atoms with Crippen LogP contribution in [0.1, 0.15) is 5.56 Å². The van der Waals surface area contributed by atoms with Crippen molar-refractivity contribution in [3.8, 4) is 5.75 Å². The first kappa shape index (κ1) is 12.9. The number of carbonyl (C=O) groups is 1. The summed E-state index contributed by atoms with van der Waals surface area (Å²) in [5.74, 6) is 0.800. The van der Waals surface area contributed by atoms with E-state index in [1.165, 1.54) is 7.11 Å². The van der Waals surface area contributed by atoms with Gasteiger partial charge in [0.25, 0.3) is 0 Å². The maximum absolute atomic E-state index is 10.9. The van der Waals surface area contributed by atoms with E-state index < -0.39 is 6.09 Å². The molecule has 0 saturated carbocycles. The summed E-state index contributed by atoms with van der Waals surface area (Å²) in [6.45, 7) is 0. The van der Waals surface area contributed by atoms with Gasteiger partial charge in [-0.15, -0.1) is 0 Å². The third-order valence-corrected chi connectivity index (χ3v) is 2.68. The van der Waals surface area contributed by atoms with E-state index in [-0.39, 0.29) is 0 Å². The fraction of sp³-hybridized carbons (Fsp3) is 0.143. The van der Waals surface area contributed by atoms with Gasteiger partial charge < -0.3 is 9.47 Å². The van der Waals surface area contributed by atoms with Gasteiger partial charge >= 0.3 is 6.09 Å². The van der Waals surface area contributed by atoms with Gasteiger partial charge in [-0.1, -0.05) is 24.3 Å². The third-order valence-electron chi connectivity index (χ3n) is 2.68. The Morgan fingerprint density at radius 1 is 1.16 bits per heavy atom. The standard InChI is InChI=1S/C14H14N2O3/c1-18-13-8-7-10(9-15-16-14(17)19-2)11-5-3-4-6-12(11)13/h3-9H,1-2H3,(H,16,17)/b15-9+. The molecule has 1 N–H and O–H groups in total. The van der Waals surface area contributed by atoms with Crippen LogP contribution in [0.25, 0.3) is 10.8 Å². The number of nitrogens with one attached hydrogen (secondary N) is 1. The van der Waals surface area contributed by atoms with Gasteiger partial charge in [0, 0.05) is 10.9 Å². The Kier molecular flexibility index (Phi) is 3.97. The molecule has 2 rings (SSSR count). The summed E-state index contributed by atoms with van der Waals surface area (Å²) in [6, 6.07) is 11.6. The Morgan fingerprint density at radius 3 is 2.58 bits per heavy atom. The predicted octanol–water partition coefficient (Wildman–Crippen LogP) is 2.54. The lowest BCUT2D eigenvalue weighted by molar-refractivity contribution is 0.171. The van der Waals surface area contributed by atoms with E-state index >= 15 is 0 Å². The Morgan fingerprint density at radius 2 is 1.89 bits per heavy atom. The van der Waals surface area contributed by atoms with Crippen molar-refractivity contribution in [1.29, 1.82) is 0 Å². The molecule has 0 bridgehead atoms. The summed E-state index contributed by atoms with van der Waals surface area (Å²) in [6.07, 6.45) is 0.965. The second-order valence-electron chi connectivity index (χ2n) is 3.76. The van der Waals surface area contributed by atoms with Crippen LogP contribution >= 0.6 is 0 Å². The first-order valence-electron chi connectivity index (χ1n) is 5.69. The molecule has 0 aliphatic rings. The van der Waals surface area contributed by atoms with Crippen molar-refractivity contribution in [2.24, 2.45) is 5.10 Å². The summed E-state index contributed by atoms with van der Waals surface area (Å²) >= 11 is 0. The zero-order valence-electron chi connectivity index (χ0n) is 10.7. The molecule has 0 heterocycles. The van der Waals surface area contributed by atoms with Crippen molar-refractivity contribution in [3.63, 3.8) is 0 Å². The maximum Gasteiger partial charge on any atom is 0.427 e. The Balaban J connectivity index is 2.37. The lowest BCUT2D eigenvalue weighted by atomic mass is 10.0. The largest absolute Gasteiger partial charge is 0.496 e. The number of hydrazone groups is 1. The number of ether oxygens (including phenoxy) is 2.